The van der Waals surface area contributed by atoms with Gasteiger partial charge in [0, 0.05) is 16.7 Å². The van der Waals surface area contributed by atoms with Crippen LogP contribution < -0.4 is 4.74 Å². The fraction of sp³-hybridized carbons (Fsp3) is 0.167. The summed E-state index contributed by atoms with van der Waals surface area (Å²) in [4.78, 5) is 36.9. The largest absolute Gasteiger partial charge is 0.513 e. The number of fused-ring (bicyclic) bond motifs is 2. The zero-order valence-corrected chi connectivity index (χ0v) is 12.5. The van der Waals surface area contributed by atoms with Gasteiger partial charge in [-0.05, 0) is 12.5 Å². The van der Waals surface area contributed by atoms with Gasteiger partial charge >= 0.3 is 6.16 Å². The second kappa shape index (κ2) is 6.04. The number of carbonyl (C=O) groups is 3. The van der Waals surface area contributed by atoms with Gasteiger partial charge in [0.1, 0.15) is 5.75 Å². The van der Waals surface area contributed by atoms with Crippen molar-refractivity contribution in [1.29, 1.82) is 0 Å². The van der Waals surface area contributed by atoms with E-state index in [9.17, 15) is 14.4 Å². The Bertz CT molecular complexity index is 807. The maximum Gasteiger partial charge on any atom is 0.513 e. The van der Waals surface area contributed by atoms with Crippen LogP contribution in [-0.2, 0) is 4.74 Å². The third-order valence-electron chi connectivity index (χ3n) is 3.53. The van der Waals surface area contributed by atoms with Crippen LogP contribution in [0.3, 0.4) is 0 Å². The van der Waals surface area contributed by atoms with E-state index in [0.717, 1.165) is 0 Å². The molecule has 1 aliphatic carbocycles. The highest BCUT2D eigenvalue weighted by atomic mass is 16.7. The molecule has 0 heterocycles. The van der Waals surface area contributed by atoms with Crippen molar-refractivity contribution in [1.82, 2.24) is 0 Å². The van der Waals surface area contributed by atoms with Gasteiger partial charge in [-0.1, -0.05) is 43.3 Å². The summed E-state index contributed by atoms with van der Waals surface area (Å²) in [6.07, 6.45) is -0.230. The van der Waals surface area contributed by atoms with Crippen molar-refractivity contribution in [3.05, 3.63) is 64.7 Å². The van der Waals surface area contributed by atoms with Crippen molar-refractivity contribution >= 4 is 17.7 Å². The third kappa shape index (κ3) is 2.61. The molecule has 2 aromatic carbocycles. The second-order valence-electron chi connectivity index (χ2n) is 5.08. The number of rotatable bonds is 3. The Labute approximate surface area is 132 Å². The Hall–Kier alpha value is -2.95. The molecule has 23 heavy (non-hydrogen) atoms. The molecule has 0 unspecified atom stereocenters. The first kappa shape index (κ1) is 15.0. The molecule has 0 saturated heterocycles. The summed E-state index contributed by atoms with van der Waals surface area (Å²) < 4.78 is 9.97. The molecule has 3 rings (SSSR count). The molecule has 0 amide bonds. The first-order valence-electron chi connectivity index (χ1n) is 7.29. The molecule has 2 aromatic rings. The lowest BCUT2D eigenvalue weighted by Crippen LogP contribution is -2.23. The third-order valence-corrected chi connectivity index (χ3v) is 3.53. The highest BCUT2D eigenvalue weighted by Crippen LogP contribution is 2.33. The molecule has 0 bridgehead atoms. The molecule has 0 N–H and O–H groups in total. The zero-order valence-electron chi connectivity index (χ0n) is 12.5. The van der Waals surface area contributed by atoms with E-state index in [-0.39, 0.29) is 35.0 Å². The average molecular weight is 310 g/mol. The molecule has 5 heteroatoms. The lowest BCUT2D eigenvalue weighted by atomic mass is 9.84. The maximum atomic E-state index is 12.7. The van der Waals surface area contributed by atoms with E-state index in [2.05, 4.69) is 0 Å². The topological polar surface area (TPSA) is 69.7 Å². The highest BCUT2D eigenvalue weighted by molar-refractivity contribution is 6.29. The molecule has 0 atom stereocenters. The predicted octanol–water partition coefficient (Wildman–Crippen LogP) is 3.39. The fourth-order valence-electron chi connectivity index (χ4n) is 2.50. The first-order valence-corrected chi connectivity index (χ1v) is 7.29. The molecule has 0 radical (unpaired) electrons. The van der Waals surface area contributed by atoms with E-state index >= 15 is 0 Å². The number of ether oxygens (including phenoxy) is 2. The molecule has 0 spiro atoms. The molecular formula is C18H14O5. The normalized spacial score (nSPS) is 12.4. The van der Waals surface area contributed by atoms with E-state index in [0.29, 0.717) is 17.5 Å². The quantitative estimate of drug-likeness (QED) is 0.548. The van der Waals surface area contributed by atoms with Crippen LogP contribution in [-0.4, -0.2) is 24.3 Å². The molecule has 0 aromatic heterocycles. The van der Waals surface area contributed by atoms with E-state index in [1.54, 1.807) is 36.4 Å². The van der Waals surface area contributed by atoms with Crippen LogP contribution in [0.4, 0.5) is 4.79 Å². The van der Waals surface area contributed by atoms with Gasteiger partial charge in [-0.25, -0.2) is 4.79 Å². The van der Waals surface area contributed by atoms with E-state index in [1.165, 1.54) is 6.07 Å². The molecule has 116 valence electrons. The summed E-state index contributed by atoms with van der Waals surface area (Å²) in [6, 6.07) is 11.2. The Kier molecular flexibility index (Phi) is 3.93. The van der Waals surface area contributed by atoms with Crippen molar-refractivity contribution in [2.45, 2.75) is 13.3 Å². The van der Waals surface area contributed by atoms with Crippen molar-refractivity contribution in [3.63, 3.8) is 0 Å². The minimum absolute atomic E-state index is 0.0384. The monoisotopic (exact) mass is 310 g/mol. The second-order valence-corrected chi connectivity index (χ2v) is 5.08. The minimum atomic E-state index is -0.889. The van der Waals surface area contributed by atoms with Crippen LogP contribution in [0.25, 0.3) is 0 Å². The van der Waals surface area contributed by atoms with E-state index < -0.39 is 6.16 Å². The standard InChI is InChI=1S/C18H14O5/c1-2-10-22-18(21)23-14-9-5-8-13-15(14)17(20)12-7-4-3-6-11(12)16(13)19/h3-9H,2,10H2,1H3. The van der Waals surface area contributed by atoms with Gasteiger partial charge in [0.05, 0.1) is 12.2 Å². The van der Waals surface area contributed by atoms with Gasteiger partial charge < -0.3 is 9.47 Å². The smallest absolute Gasteiger partial charge is 0.434 e. The summed E-state index contributed by atoms with van der Waals surface area (Å²) in [5, 5.41) is 0. The van der Waals surface area contributed by atoms with Crippen molar-refractivity contribution < 1.29 is 23.9 Å². The van der Waals surface area contributed by atoms with Crippen LogP contribution in [0.5, 0.6) is 5.75 Å². The van der Waals surface area contributed by atoms with Crippen LogP contribution >= 0.6 is 0 Å². The number of hydrogen-bond donors (Lipinski definition) is 0. The lowest BCUT2D eigenvalue weighted by Gasteiger charge is -2.19. The van der Waals surface area contributed by atoms with Crippen molar-refractivity contribution in [2.75, 3.05) is 6.61 Å². The number of benzene rings is 2. The summed E-state index contributed by atoms with van der Waals surface area (Å²) in [7, 11) is 0. The summed E-state index contributed by atoms with van der Waals surface area (Å²) >= 11 is 0. The maximum absolute atomic E-state index is 12.7. The average Bonchev–Trinajstić information content (AvgIpc) is 2.57. The van der Waals surface area contributed by atoms with E-state index in [1.807, 2.05) is 6.92 Å². The van der Waals surface area contributed by atoms with Crippen LogP contribution in [0.2, 0.25) is 0 Å². The summed E-state index contributed by atoms with van der Waals surface area (Å²) in [5.41, 5.74) is 0.998. The van der Waals surface area contributed by atoms with E-state index in [4.69, 9.17) is 9.47 Å². The van der Waals surface area contributed by atoms with Gasteiger partial charge in [0.15, 0.2) is 11.6 Å². The number of hydrogen-bond acceptors (Lipinski definition) is 5. The van der Waals surface area contributed by atoms with Gasteiger partial charge in [0.25, 0.3) is 0 Å². The minimum Gasteiger partial charge on any atom is -0.434 e. The van der Waals surface area contributed by atoms with Gasteiger partial charge in [-0.2, -0.15) is 0 Å². The molecule has 0 fully saturated rings. The highest BCUT2D eigenvalue weighted by Gasteiger charge is 2.32. The lowest BCUT2D eigenvalue weighted by molar-refractivity contribution is 0.0943. The van der Waals surface area contributed by atoms with Crippen LogP contribution in [0.1, 0.15) is 45.2 Å². The molecule has 0 saturated carbocycles. The van der Waals surface area contributed by atoms with Crippen molar-refractivity contribution in [3.8, 4) is 5.75 Å². The summed E-state index contributed by atoms with van der Waals surface area (Å²) in [6.45, 7) is 2.08. The number of carbonyl (C=O) groups excluding carboxylic acids is 3. The Morgan fingerprint density at radius 3 is 2.26 bits per heavy atom. The predicted molar refractivity (Wildman–Crippen MR) is 82.0 cm³/mol. The molecule has 0 aliphatic heterocycles. The Morgan fingerprint density at radius 1 is 0.913 bits per heavy atom. The Morgan fingerprint density at radius 2 is 1.57 bits per heavy atom. The van der Waals surface area contributed by atoms with Gasteiger partial charge in [-0.15, -0.1) is 0 Å². The molecular weight excluding hydrogens is 296 g/mol. The van der Waals surface area contributed by atoms with Crippen molar-refractivity contribution in [2.24, 2.45) is 0 Å². The Balaban J connectivity index is 2.02. The molecule has 1 aliphatic rings. The van der Waals surface area contributed by atoms with Crippen LogP contribution in [0, 0.1) is 0 Å². The van der Waals surface area contributed by atoms with Crippen LogP contribution in [0.15, 0.2) is 42.5 Å². The van der Waals surface area contributed by atoms with Gasteiger partial charge in [0.2, 0.25) is 0 Å². The summed E-state index contributed by atoms with van der Waals surface area (Å²) in [5.74, 6) is -0.562. The fourth-order valence-corrected chi connectivity index (χ4v) is 2.50. The molecule has 5 nitrogen and oxygen atoms in total. The first-order chi connectivity index (χ1) is 11.1. The SMILES string of the molecule is CCCOC(=O)Oc1cccc2c1C(=O)c1ccccc1C2=O. The number of ketones is 2. The zero-order chi connectivity index (χ0) is 16.4. The van der Waals surface area contributed by atoms with Gasteiger partial charge in [-0.3, -0.25) is 9.59 Å².